The highest BCUT2D eigenvalue weighted by Crippen LogP contribution is 2.25. The van der Waals surface area contributed by atoms with Crippen LogP contribution >= 0.6 is 39.5 Å². The van der Waals surface area contributed by atoms with Gasteiger partial charge < -0.3 is 0 Å². The van der Waals surface area contributed by atoms with Gasteiger partial charge in [0.05, 0.1) is 3.79 Å². The Labute approximate surface area is 107 Å². The van der Waals surface area contributed by atoms with Crippen molar-refractivity contribution in [2.24, 2.45) is 0 Å². The summed E-state index contributed by atoms with van der Waals surface area (Å²) in [7, 11) is 0. The molecule has 0 unspecified atom stereocenters. The number of rotatable bonds is 2. The summed E-state index contributed by atoms with van der Waals surface area (Å²) in [5.74, 6) is 0. The fourth-order valence-corrected chi connectivity index (χ4v) is 2.74. The summed E-state index contributed by atoms with van der Waals surface area (Å²) >= 11 is 10.4. The third-order valence-corrected chi connectivity index (χ3v) is 4.08. The predicted octanol–water partition coefficient (Wildman–Crippen LogP) is 4.78. The molecule has 0 amide bonds. The van der Waals surface area contributed by atoms with E-state index in [9.17, 15) is 0 Å². The molecule has 0 saturated carbocycles. The Hall–Kier alpha value is -0.510. The minimum atomic E-state index is 0.898. The smallest absolute Gasteiger partial charge is 0.0770 e. The van der Waals surface area contributed by atoms with Crippen molar-refractivity contribution >= 4 is 50.4 Å². The maximum Gasteiger partial charge on any atom is 0.0770 e. The minimum Gasteiger partial charge on any atom is -0.136 e. The van der Waals surface area contributed by atoms with E-state index in [1.54, 1.807) is 11.3 Å². The highest BCUT2D eigenvalue weighted by atomic mass is 79.9. The van der Waals surface area contributed by atoms with Gasteiger partial charge in [0.25, 0.3) is 0 Å². The van der Waals surface area contributed by atoms with Crippen molar-refractivity contribution in [2.45, 2.75) is 6.42 Å². The molecule has 1 aliphatic rings. The molecule has 2 rings (SSSR count). The Balaban J connectivity index is 2.16. The van der Waals surface area contributed by atoms with Gasteiger partial charge in [-0.1, -0.05) is 36.5 Å². The summed E-state index contributed by atoms with van der Waals surface area (Å²) in [6.07, 6.45) is 11.3. The molecule has 0 spiro atoms. The second-order valence-corrected chi connectivity index (χ2v) is 5.96. The quantitative estimate of drug-likeness (QED) is 0.708. The first-order valence-electron chi connectivity index (χ1n) is 4.58. The van der Waals surface area contributed by atoms with Crippen LogP contribution in [-0.2, 0) is 0 Å². The van der Waals surface area contributed by atoms with Gasteiger partial charge in [-0.15, -0.1) is 11.3 Å². The van der Waals surface area contributed by atoms with Crippen molar-refractivity contribution in [3.05, 3.63) is 50.7 Å². The van der Waals surface area contributed by atoms with E-state index in [1.807, 2.05) is 6.08 Å². The van der Waals surface area contributed by atoms with Crippen LogP contribution in [0.25, 0.3) is 6.08 Å². The lowest BCUT2D eigenvalue weighted by molar-refractivity contribution is 1.47. The number of thiophene rings is 1. The molecule has 1 aromatic heterocycles. The van der Waals surface area contributed by atoms with Gasteiger partial charge >= 0.3 is 0 Å². The van der Waals surface area contributed by atoms with E-state index in [0.29, 0.717) is 0 Å². The molecule has 0 aromatic carbocycles. The largest absolute Gasteiger partial charge is 0.136 e. The van der Waals surface area contributed by atoms with Crippen molar-refractivity contribution in [3.8, 4) is 0 Å². The van der Waals surface area contributed by atoms with Crippen LogP contribution in [0.2, 0.25) is 0 Å². The van der Waals surface area contributed by atoms with Crippen LogP contribution in [-0.4, -0.2) is 4.86 Å². The number of halogens is 1. The fraction of sp³-hybridized carbons (Fsp3) is 0.0833. The van der Waals surface area contributed by atoms with Gasteiger partial charge in [-0.05, 0) is 44.6 Å². The lowest BCUT2D eigenvalue weighted by Crippen LogP contribution is -1.92. The van der Waals surface area contributed by atoms with E-state index >= 15 is 0 Å². The average molecular weight is 297 g/mol. The summed E-state index contributed by atoms with van der Waals surface area (Å²) in [5, 5.41) is 2.07. The van der Waals surface area contributed by atoms with Crippen molar-refractivity contribution in [1.29, 1.82) is 0 Å². The van der Waals surface area contributed by atoms with Gasteiger partial charge in [-0.25, -0.2) is 0 Å². The molecular weight excluding hydrogens is 288 g/mol. The van der Waals surface area contributed by atoms with Crippen molar-refractivity contribution in [2.75, 3.05) is 0 Å². The van der Waals surface area contributed by atoms with E-state index in [2.05, 4.69) is 51.7 Å². The van der Waals surface area contributed by atoms with Crippen molar-refractivity contribution in [3.63, 3.8) is 0 Å². The van der Waals surface area contributed by atoms with Crippen LogP contribution < -0.4 is 0 Å². The summed E-state index contributed by atoms with van der Waals surface area (Å²) in [6, 6.07) is 2.09. The molecular formula is C12H9BrS2. The van der Waals surface area contributed by atoms with E-state index < -0.39 is 0 Å². The molecule has 0 atom stereocenters. The van der Waals surface area contributed by atoms with E-state index in [-0.39, 0.29) is 0 Å². The Kier molecular flexibility index (Phi) is 3.67. The zero-order valence-corrected chi connectivity index (χ0v) is 11.2. The zero-order valence-electron chi connectivity index (χ0n) is 7.94. The monoisotopic (exact) mass is 296 g/mol. The number of hydrogen-bond donors (Lipinski definition) is 0. The van der Waals surface area contributed by atoms with Crippen LogP contribution in [0.1, 0.15) is 12.0 Å². The topological polar surface area (TPSA) is 0 Å². The molecule has 76 valence electrons. The zero-order chi connectivity index (χ0) is 10.7. The van der Waals surface area contributed by atoms with E-state index in [1.165, 1.54) is 14.9 Å². The Morgan fingerprint density at radius 2 is 2.27 bits per heavy atom. The Morgan fingerprint density at radius 1 is 1.40 bits per heavy atom. The van der Waals surface area contributed by atoms with Gasteiger partial charge in [0, 0.05) is 11.3 Å². The normalized spacial score (nSPS) is 16.1. The number of thiocarbonyl (C=S) groups is 1. The second kappa shape index (κ2) is 5.01. The van der Waals surface area contributed by atoms with Crippen LogP contribution in [0.4, 0.5) is 0 Å². The van der Waals surface area contributed by atoms with Gasteiger partial charge in [0.1, 0.15) is 0 Å². The molecule has 3 heteroatoms. The number of hydrogen-bond acceptors (Lipinski definition) is 2. The molecule has 0 fully saturated rings. The maximum atomic E-state index is 5.15. The van der Waals surface area contributed by atoms with Crippen LogP contribution in [0.5, 0.6) is 0 Å². The van der Waals surface area contributed by atoms with Crippen LogP contribution in [0, 0.1) is 0 Å². The third-order valence-electron chi connectivity index (χ3n) is 2.06. The fourth-order valence-electron chi connectivity index (χ4n) is 1.32. The first-order chi connectivity index (χ1) is 7.25. The van der Waals surface area contributed by atoms with Gasteiger partial charge in [0.2, 0.25) is 0 Å². The highest BCUT2D eigenvalue weighted by molar-refractivity contribution is 9.11. The van der Waals surface area contributed by atoms with E-state index in [4.69, 9.17) is 12.2 Å². The molecule has 0 bridgehead atoms. The first kappa shape index (κ1) is 11.0. The molecule has 15 heavy (non-hydrogen) atoms. The molecule has 0 aliphatic heterocycles. The second-order valence-electron chi connectivity index (χ2n) is 3.20. The molecule has 0 N–H and O–H groups in total. The highest BCUT2D eigenvalue weighted by Gasteiger charge is 1.99. The lowest BCUT2D eigenvalue weighted by atomic mass is 10.1. The molecule has 1 heterocycles. The molecule has 0 radical (unpaired) electrons. The Bertz CT molecular complexity index is 464. The minimum absolute atomic E-state index is 0.898. The number of allylic oxidation sites excluding steroid dienone is 5. The van der Waals surface area contributed by atoms with Crippen molar-refractivity contribution < 1.29 is 0 Å². The van der Waals surface area contributed by atoms with Gasteiger partial charge in [-0.3, -0.25) is 0 Å². The lowest BCUT2D eigenvalue weighted by Gasteiger charge is -2.02. The summed E-state index contributed by atoms with van der Waals surface area (Å²) < 4.78 is 1.17. The first-order valence-corrected chi connectivity index (χ1v) is 6.66. The van der Waals surface area contributed by atoms with Gasteiger partial charge in [0.15, 0.2) is 0 Å². The molecule has 0 saturated heterocycles. The standard InChI is InChI=1S/C12H9BrS2/c13-12-10(6-7-15-12)5-4-9-2-1-3-11(14)8-9/h1-2,4-8H,3H2/b5-4+. The van der Waals surface area contributed by atoms with Crippen molar-refractivity contribution in [1.82, 2.24) is 0 Å². The van der Waals surface area contributed by atoms with Gasteiger partial charge in [-0.2, -0.15) is 0 Å². The summed E-state index contributed by atoms with van der Waals surface area (Å²) in [4.78, 5) is 1.00. The molecule has 0 nitrogen and oxygen atoms in total. The summed E-state index contributed by atoms with van der Waals surface area (Å²) in [6.45, 7) is 0. The third kappa shape index (κ3) is 2.97. The maximum absolute atomic E-state index is 5.15. The van der Waals surface area contributed by atoms with E-state index in [0.717, 1.165) is 11.3 Å². The summed E-state index contributed by atoms with van der Waals surface area (Å²) in [5.41, 5.74) is 2.38. The van der Waals surface area contributed by atoms with Crippen LogP contribution in [0.3, 0.4) is 0 Å². The molecule has 1 aromatic rings. The SMILES string of the molecule is S=C1C=C(/C=C/c2ccsc2Br)C=CC1. The predicted molar refractivity (Wildman–Crippen MR) is 75.5 cm³/mol. The Morgan fingerprint density at radius 3 is 2.93 bits per heavy atom. The molecule has 1 aliphatic carbocycles. The average Bonchev–Trinajstić information content (AvgIpc) is 2.61. The van der Waals surface area contributed by atoms with Crippen LogP contribution in [0.15, 0.2) is 45.1 Å².